The van der Waals surface area contributed by atoms with Crippen LogP contribution < -0.4 is 10.0 Å². The van der Waals surface area contributed by atoms with Gasteiger partial charge < -0.3 is 5.32 Å². The minimum atomic E-state index is -3.56. The number of sulfonamides is 1. The van der Waals surface area contributed by atoms with Crippen LogP contribution in [0.25, 0.3) is 0 Å². The molecular weight excluding hydrogens is 348 g/mol. The van der Waals surface area contributed by atoms with E-state index >= 15 is 0 Å². The molecule has 2 aromatic carbocycles. The van der Waals surface area contributed by atoms with Crippen LogP contribution in [0.15, 0.2) is 47.4 Å². The van der Waals surface area contributed by atoms with E-state index in [1.165, 1.54) is 5.56 Å². The molecule has 26 heavy (non-hydrogen) atoms. The quantitative estimate of drug-likeness (QED) is 0.698. The Kier molecular flexibility index (Phi) is 6.94. The van der Waals surface area contributed by atoms with Gasteiger partial charge in [0.15, 0.2) is 0 Å². The average molecular weight is 375 g/mol. The van der Waals surface area contributed by atoms with E-state index in [0.29, 0.717) is 12.8 Å². The second-order valence-corrected chi connectivity index (χ2v) is 8.25. The van der Waals surface area contributed by atoms with Crippen LogP contribution in [0.3, 0.4) is 0 Å². The third-order valence-corrected chi connectivity index (χ3v) is 5.75. The van der Waals surface area contributed by atoms with Gasteiger partial charge in [-0.3, -0.25) is 4.79 Å². The number of carbonyl (C=O) groups excluding carboxylic acids is 1. The highest BCUT2D eigenvalue weighted by molar-refractivity contribution is 7.89. The normalized spacial score (nSPS) is 11.3. The molecule has 0 spiro atoms. The first-order valence-corrected chi connectivity index (χ1v) is 10.2. The van der Waals surface area contributed by atoms with Gasteiger partial charge in [0, 0.05) is 19.5 Å². The predicted molar refractivity (Wildman–Crippen MR) is 104 cm³/mol. The number of amides is 1. The van der Waals surface area contributed by atoms with E-state index in [0.717, 1.165) is 16.7 Å². The molecular formula is C20H26N2O3S. The lowest BCUT2D eigenvalue weighted by atomic mass is 10.1. The van der Waals surface area contributed by atoms with Crippen molar-refractivity contribution in [1.82, 2.24) is 10.0 Å². The molecule has 0 saturated carbocycles. The van der Waals surface area contributed by atoms with Gasteiger partial charge in [0.2, 0.25) is 15.9 Å². The molecule has 140 valence electrons. The number of rotatable bonds is 8. The molecule has 2 aromatic rings. The fourth-order valence-electron chi connectivity index (χ4n) is 2.45. The molecule has 0 fully saturated rings. The fraction of sp³-hybridized carbons (Fsp3) is 0.350. The highest BCUT2D eigenvalue weighted by Crippen LogP contribution is 2.14. The van der Waals surface area contributed by atoms with Gasteiger partial charge in [0.1, 0.15) is 0 Å². The summed E-state index contributed by atoms with van der Waals surface area (Å²) in [6, 6.07) is 13.1. The largest absolute Gasteiger partial charge is 0.355 e. The van der Waals surface area contributed by atoms with Crippen LogP contribution in [-0.2, 0) is 21.2 Å². The van der Waals surface area contributed by atoms with E-state index < -0.39 is 10.0 Å². The molecule has 2 N–H and O–H groups in total. The number of nitrogens with one attached hydrogen (secondary N) is 2. The minimum absolute atomic E-state index is 0.0871. The van der Waals surface area contributed by atoms with Gasteiger partial charge in [0.25, 0.3) is 0 Å². The first-order chi connectivity index (χ1) is 12.3. The van der Waals surface area contributed by atoms with Crippen molar-refractivity contribution < 1.29 is 13.2 Å². The van der Waals surface area contributed by atoms with Crippen molar-refractivity contribution in [3.05, 3.63) is 64.7 Å². The first kappa shape index (κ1) is 20.1. The van der Waals surface area contributed by atoms with Crippen LogP contribution in [0, 0.1) is 20.8 Å². The third kappa shape index (κ3) is 5.97. The Morgan fingerprint density at radius 1 is 0.923 bits per heavy atom. The standard InChI is InChI=1S/C20H26N2O3S/c1-15-4-7-18(8-5-15)9-11-20(23)21-12-13-22-26(24,25)19-10-6-16(2)17(3)14-19/h4-8,10,14,22H,9,11-13H2,1-3H3,(H,21,23). The van der Waals surface area contributed by atoms with E-state index in [1.807, 2.05) is 45.0 Å². The maximum Gasteiger partial charge on any atom is 0.240 e. The molecule has 2 rings (SSSR count). The third-order valence-electron chi connectivity index (χ3n) is 4.29. The Labute approximate surface area is 155 Å². The van der Waals surface area contributed by atoms with E-state index in [4.69, 9.17) is 0 Å². The Balaban J connectivity index is 1.74. The molecule has 0 aliphatic heterocycles. The van der Waals surface area contributed by atoms with Crippen LogP contribution in [0.2, 0.25) is 0 Å². The van der Waals surface area contributed by atoms with Crippen molar-refractivity contribution >= 4 is 15.9 Å². The van der Waals surface area contributed by atoms with Crippen molar-refractivity contribution in [2.75, 3.05) is 13.1 Å². The minimum Gasteiger partial charge on any atom is -0.355 e. The fourth-order valence-corrected chi connectivity index (χ4v) is 3.57. The molecule has 0 radical (unpaired) electrons. The number of hydrogen-bond donors (Lipinski definition) is 2. The maximum absolute atomic E-state index is 12.3. The lowest BCUT2D eigenvalue weighted by molar-refractivity contribution is -0.121. The lowest BCUT2D eigenvalue weighted by Crippen LogP contribution is -2.34. The molecule has 1 amide bonds. The monoisotopic (exact) mass is 374 g/mol. The van der Waals surface area contributed by atoms with Gasteiger partial charge in [-0.25, -0.2) is 13.1 Å². The number of aryl methyl sites for hydroxylation is 4. The van der Waals surface area contributed by atoms with E-state index in [1.54, 1.807) is 18.2 Å². The Morgan fingerprint density at radius 3 is 2.27 bits per heavy atom. The van der Waals surface area contributed by atoms with Crippen LogP contribution in [0.1, 0.15) is 28.7 Å². The molecule has 0 bridgehead atoms. The molecule has 0 heterocycles. The molecule has 0 aliphatic carbocycles. The lowest BCUT2D eigenvalue weighted by Gasteiger charge is -2.09. The van der Waals surface area contributed by atoms with Crippen LogP contribution in [-0.4, -0.2) is 27.4 Å². The van der Waals surface area contributed by atoms with Crippen LogP contribution in [0.5, 0.6) is 0 Å². The first-order valence-electron chi connectivity index (χ1n) is 8.67. The summed E-state index contributed by atoms with van der Waals surface area (Å²) in [6.07, 6.45) is 1.05. The topological polar surface area (TPSA) is 75.3 Å². The van der Waals surface area contributed by atoms with E-state index in [-0.39, 0.29) is 23.9 Å². The van der Waals surface area contributed by atoms with Gasteiger partial charge in [-0.2, -0.15) is 0 Å². The Morgan fingerprint density at radius 2 is 1.62 bits per heavy atom. The number of carbonyl (C=O) groups is 1. The van der Waals surface area contributed by atoms with Crippen molar-refractivity contribution in [3.8, 4) is 0 Å². The summed E-state index contributed by atoms with van der Waals surface area (Å²) in [7, 11) is -3.56. The molecule has 5 nitrogen and oxygen atoms in total. The second-order valence-electron chi connectivity index (χ2n) is 6.48. The van der Waals surface area contributed by atoms with Crippen molar-refractivity contribution in [1.29, 1.82) is 0 Å². The Hall–Kier alpha value is -2.18. The van der Waals surface area contributed by atoms with Crippen molar-refractivity contribution in [3.63, 3.8) is 0 Å². The highest BCUT2D eigenvalue weighted by Gasteiger charge is 2.14. The summed E-state index contributed by atoms with van der Waals surface area (Å²) in [5, 5.41) is 2.74. The zero-order valence-electron chi connectivity index (χ0n) is 15.5. The van der Waals surface area contributed by atoms with Crippen molar-refractivity contribution in [2.45, 2.75) is 38.5 Å². The summed E-state index contributed by atoms with van der Waals surface area (Å²) in [5.41, 5.74) is 4.28. The number of hydrogen-bond acceptors (Lipinski definition) is 3. The van der Waals surface area contributed by atoms with Gasteiger partial charge >= 0.3 is 0 Å². The van der Waals surface area contributed by atoms with Crippen LogP contribution >= 0.6 is 0 Å². The van der Waals surface area contributed by atoms with Gasteiger partial charge in [0.05, 0.1) is 4.90 Å². The summed E-state index contributed by atoms with van der Waals surface area (Å²) < 4.78 is 27.0. The average Bonchev–Trinajstić information content (AvgIpc) is 2.60. The molecule has 6 heteroatoms. The molecule has 0 unspecified atom stereocenters. The summed E-state index contributed by atoms with van der Waals surface area (Å²) in [5.74, 6) is -0.0871. The highest BCUT2D eigenvalue weighted by atomic mass is 32.2. The van der Waals surface area contributed by atoms with Crippen molar-refractivity contribution in [2.24, 2.45) is 0 Å². The van der Waals surface area contributed by atoms with E-state index in [9.17, 15) is 13.2 Å². The van der Waals surface area contributed by atoms with Gasteiger partial charge in [-0.15, -0.1) is 0 Å². The maximum atomic E-state index is 12.3. The summed E-state index contributed by atoms with van der Waals surface area (Å²) in [4.78, 5) is 12.1. The van der Waals surface area contributed by atoms with Gasteiger partial charge in [-0.1, -0.05) is 35.9 Å². The smallest absolute Gasteiger partial charge is 0.240 e. The molecule has 0 aromatic heterocycles. The zero-order valence-corrected chi connectivity index (χ0v) is 16.3. The SMILES string of the molecule is Cc1ccc(CCC(=O)NCCNS(=O)(=O)c2ccc(C)c(C)c2)cc1. The number of benzene rings is 2. The summed E-state index contributed by atoms with van der Waals surface area (Å²) >= 11 is 0. The molecule has 0 aliphatic rings. The zero-order chi connectivity index (χ0) is 19.2. The summed E-state index contributed by atoms with van der Waals surface area (Å²) in [6.45, 7) is 6.26. The molecule has 0 atom stereocenters. The van der Waals surface area contributed by atoms with Gasteiger partial charge in [-0.05, 0) is 56.0 Å². The predicted octanol–water partition coefficient (Wildman–Crippen LogP) is 2.64. The van der Waals surface area contributed by atoms with Crippen LogP contribution in [0.4, 0.5) is 0 Å². The second kappa shape index (κ2) is 8.96. The van der Waals surface area contributed by atoms with E-state index in [2.05, 4.69) is 10.0 Å². The Bertz CT molecular complexity index is 859. The molecule has 0 saturated heterocycles.